The Labute approximate surface area is 156 Å². The lowest BCUT2D eigenvalue weighted by Crippen LogP contribution is -2.27. The molecule has 0 spiro atoms. The minimum Gasteiger partial charge on any atom is -0.334 e. The minimum atomic E-state index is -0.124. The van der Waals surface area contributed by atoms with Crippen molar-refractivity contribution in [1.82, 2.24) is 4.90 Å². The molecule has 0 fully saturated rings. The number of carbonyl (C=O) groups is 1. The summed E-state index contributed by atoms with van der Waals surface area (Å²) >= 11 is 18.4. The van der Waals surface area contributed by atoms with Crippen LogP contribution in [0, 0.1) is 0 Å². The lowest BCUT2D eigenvalue weighted by molar-refractivity contribution is 0.0755. The predicted molar refractivity (Wildman–Crippen MR) is 100 cm³/mol. The van der Waals surface area contributed by atoms with E-state index in [9.17, 15) is 4.79 Å². The third-order valence-corrected chi connectivity index (χ3v) is 5.45. The summed E-state index contributed by atoms with van der Waals surface area (Å²) in [5.41, 5.74) is 2.65. The maximum absolute atomic E-state index is 12.6. The van der Waals surface area contributed by atoms with E-state index in [1.165, 1.54) is 0 Å². The van der Waals surface area contributed by atoms with E-state index in [1.807, 2.05) is 31.3 Å². The molecule has 5 heteroatoms. The summed E-state index contributed by atoms with van der Waals surface area (Å²) in [7, 11) is 1.81. The molecule has 2 aromatic rings. The molecule has 2 unspecified atom stereocenters. The molecular weight excluding hydrogens is 365 g/mol. The second kappa shape index (κ2) is 6.79. The molecule has 1 aliphatic heterocycles. The number of likely N-dealkylation sites (N-methyl/N-ethyl adjacent to an activating group) is 1. The molecule has 3 rings (SSSR count). The molecule has 0 radical (unpaired) electrons. The summed E-state index contributed by atoms with van der Waals surface area (Å²) in [5, 5.41) is 1.63. The van der Waals surface area contributed by atoms with Gasteiger partial charge in [-0.05, 0) is 47.9 Å². The van der Waals surface area contributed by atoms with Gasteiger partial charge in [0.15, 0.2) is 0 Å². The molecule has 2 nitrogen and oxygen atoms in total. The lowest BCUT2D eigenvalue weighted by Gasteiger charge is -2.30. The smallest absolute Gasteiger partial charge is 0.254 e. The van der Waals surface area contributed by atoms with Crippen LogP contribution in [0.1, 0.15) is 39.9 Å². The van der Waals surface area contributed by atoms with Crippen LogP contribution in [-0.4, -0.2) is 17.9 Å². The summed E-state index contributed by atoms with van der Waals surface area (Å²) < 4.78 is 0. The maximum atomic E-state index is 12.6. The Morgan fingerprint density at radius 1 is 1.17 bits per heavy atom. The summed E-state index contributed by atoms with van der Waals surface area (Å²) in [6.45, 7) is 3.87. The molecule has 1 amide bonds. The van der Waals surface area contributed by atoms with Crippen molar-refractivity contribution in [2.24, 2.45) is 0 Å². The number of nitrogens with zero attached hydrogens (tertiary/aromatic N) is 1. The number of hydrogen-bond donors (Lipinski definition) is 0. The van der Waals surface area contributed by atoms with Crippen LogP contribution in [0.3, 0.4) is 0 Å². The van der Waals surface area contributed by atoms with E-state index in [2.05, 4.69) is 6.58 Å². The first kappa shape index (κ1) is 17.3. The monoisotopic (exact) mass is 379 g/mol. The van der Waals surface area contributed by atoms with Gasteiger partial charge in [-0.25, -0.2) is 0 Å². The first-order valence-corrected chi connectivity index (χ1v) is 8.70. The second-order valence-electron chi connectivity index (χ2n) is 5.90. The van der Waals surface area contributed by atoms with Crippen molar-refractivity contribution in [3.63, 3.8) is 0 Å². The Bertz CT molecular complexity index is 818. The normalized spacial score (nSPS) is 17.8. The number of benzene rings is 2. The number of rotatable bonds is 4. The van der Waals surface area contributed by atoms with Gasteiger partial charge in [0.25, 0.3) is 5.91 Å². The maximum Gasteiger partial charge on any atom is 0.254 e. The number of allylic oxidation sites excluding steroid dienone is 1. The van der Waals surface area contributed by atoms with E-state index in [4.69, 9.17) is 34.8 Å². The van der Waals surface area contributed by atoms with E-state index in [1.54, 1.807) is 23.1 Å². The highest BCUT2D eigenvalue weighted by atomic mass is 35.5. The highest BCUT2D eigenvalue weighted by Gasteiger charge is 2.39. The van der Waals surface area contributed by atoms with Gasteiger partial charge in [0.2, 0.25) is 0 Å². The molecule has 124 valence electrons. The number of hydrogen-bond acceptors (Lipinski definition) is 1. The van der Waals surface area contributed by atoms with Crippen LogP contribution in [0.25, 0.3) is 0 Å². The number of carbonyl (C=O) groups excluding carboxylic acids is 1. The molecular formula is C19H16Cl3NO. The van der Waals surface area contributed by atoms with Crippen molar-refractivity contribution in [2.45, 2.75) is 18.4 Å². The number of halogens is 3. The van der Waals surface area contributed by atoms with E-state index in [0.717, 1.165) is 11.1 Å². The molecule has 1 aliphatic rings. The Kier molecular flexibility index (Phi) is 4.91. The molecule has 0 N–H and O–H groups in total. The van der Waals surface area contributed by atoms with Gasteiger partial charge in [0.1, 0.15) is 0 Å². The molecule has 2 aromatic carbocycles. The van der Waals surface area contributed by atoms with Gasteiger partial charge >= 0.3 is 0 Å². The van der Waals surface area contributed by atoms with E-state index >= 15 is 0 Å². The van der Waals surface area contributed by atoms with Gasteiger partial charge < -0.3 is 4.90 Å². The quantitative estimate of drug-likeness (QED) is 0.584. The summed E-state index contributed by atoms with van der Waals surface area (Å²) in [6, 6.07) is 10.9. The molecule has 0 saturated heterocycles. The zero-order chi connectivity index (χ0) is 17.4. The molecule has 24 heavy (non-hydrogen) atoms. The first-order chi connectivity index (χ1) is 11.4. The zero-order valence-electron chi connectivity index (χ0n) is 13.1. The molecule has 0 aromatic heterocycles. The predicted octanol–water partition coefficient (Wildman–Crippen LogP) is 6.13. The van der Waals surface area contributed by atoms with Gasteiger partial charge in [-0.3, -0.25) is 4.79 Å². The fraction of sp³-hybridized carbons (Fsp3) is 0.211. The van der Waals surface area contributed by atoms with Gasteiger partial charge in [0, 0.05) is 23.6 Å². The van der Waals surface area contributed by atoms with Gasteiger partial charge in [0.05, 0.1) is 16.1 Å². The van der Waals surface area contributed by atoms with Gasteiger partial charge in [-0.15, -0.1) is 6.58 Å². The largest absolute Gasteiger partial charge is 0.334 e. The fourth-order valence-corrected chi connectivity index (χ4v) is 3.84. The average molecular weight is 381 g/mol. The van der Waals surface area contributed by atoms with E-state index in [-0.39, 0.29) is 17.9 Å². The second-order valence-corrected chi connectivity index (χ2v) is 7.15. The van der Waals surface area contributed by atoms with Crippen LogP contribution < -0.4 is 0 Å². The fourth-order valence-electron chi connectivity index (χ4n) is 3.35. The Morgan fingerprint density at radius 3 is 2.58 bits per heavy atom. The molecule has 0 aliphatic carbocycles. The van der Waals surface area contributed by atoms with Crippen LogP contribution in [0.5, 0.6) is 0 Å². The lowest BCUT2D eigenvalue weighted by atomic mass is 9.84. The van der Waals surface area contributed by atoms with Crippen molar-refractivity contribution in [3.8, 4) is 0 Å². The number of amides is 1. The van der Waals surface area contributed by atoms with Crippen molar-refractivity contribution in [2.75, 3.05) is 7.05 Å². The van der Waals surface area contributed by atoms with E-state index < -0.39 is 0 Å². The van der Waals surface area contributed by atoms with Gasteiger partial charge in [-0.2, -0.15) is 0 Å². The molecule has 0 saturated carbocycles. The number of fused-ring (bicyclic) bond motifs is 1. The van der Waals surface area contributed by atoms with Crippen LogP contribution in [-0.2, 0) is 0 Å². The third-order valence-electron chi connectivity index (χ3n) is 4.47. The minimum absolute atomic E-state index is 0.000731. The van der Waals surface area contributed by atoms with Crippen LogP contribution in [0.4, 0.5) is 0 Å². The Hall–Kier alpha value is -1.48. The van der Waals surface area contributed by atoms with Crippen molar-refractivity contribution in [1.29, 1.82) is 0 Å². The SMILES string of the molecule is C=CCC(c1ccc(Cl)c(Cl)c1)C1c2cc(Cl)ccc2C(=O)N1C. The Morgan fingerprint density at radius 2 is 1.92 bits per heavy atom. The van der Waals surface area contributed by atoms with E-state index in [0.29, 0.717) is 27.1 Å². The molecule has 2 atom stereocenters. The zero-order valence-corrected chi connectivity index (χ0v) is 15.4. The van der Waals surface area contributed by atoms with Crippen LogP contribution in [0.15, 0.2) is 49.1 Å². The van der Waals surface area contributed by atoms with Gasteiger partial charge in [-0.1, -0.05) is 46.9 Å². The van der Waals surface area contributed by atoms with Crippen LogP contribution in [0.2, 0.25) is 15.1 Å². The third kappa shape index (κ3) is 2.95. The molecule has 1 heterocycles. The summed E-state index contributed by atoms with van der Waals surface area (Å²) in [6.07, 6.45) is 2.56. The summed E-state index contributed by atoms with van der Waals surface area (Å²) in [4.78, 5) is 14.4. The standard InChI is InChI=1S/C19H16Cl3NO/c1-3-4-13(11-5-8-16(21)17(22)9-11)18-15-10-12(20)6-7-14(15)19(24)23(18)2/h3,5-10,13,18H,1,4H2,2H3. The summed E-state index contributed by atoms with van der Waals surface area (Å²) in [5.74, 6) is 0.0201. The average Bonchev–Trinajstić information content (AvgIpc) is 2.79. The highest BCUT2D eigenvalue weighted by molar-refractivity contribution is 6.42. The first-order valence-electron chi connectivity index (χ1n) is 7.56. The Balaban J connectivity index is 2.12. The van der Waals surface area contributed by atoms with Crippen molar-refractivity contribution < 1.29 is 4.79 Å². The van der Waals surface area contributed by atoms with Crippen molar-refractivity contribution >= 4 is 40.7 Å². The van der Waals surface area contributed by atoms with Crippen molar-refractivity contribution in [3.05, 3.63) is 80.8 Å². The van der Waals surface area contributed by atoms with Crippen LogP contribution >= 0.6 is 34.8 Å². The topological polar surface area (TPSA) is 20.3 Å². The molecule has 0 bridgehead atoms. The highest BCUT2D eigenvalue weighted by Crippen LogP contribution is 2.45.